The van der Waals surface area contributed by atoms with Gasteiger partial charge >= 0.3 is 0 Å². The zero-order valence-electron chi connectivity index (χ0n) is 15.9. The Labute approximate surface area is 158 Å². The van der Waals surface area contributed by atoms with Gasteiger partial charge in [0.2, 0.25) is 0 Å². The molecular weight excluding hydrogens is 353 g/mol. The second-order valence-corrected chi connectivity index (χ2v) is 8.47. The maximum atomic E-state index is 13.8. The quantitative estimate of drug-likeness (QED) is 0.561. The van der Waals surface area contributed by atoms with Gasteiger partial charge < -0.3 is 15.4 Å². The van der Waals surface area contributed by atoms with E-state index in [0.717, 1.165) is 43.8 Å². The number of methoxy groups -OCH3 is 1. The van der Waals surface area contributed by atoms with Crippen LogP contribution < -0.4 is 15.4 Å². The standard InChI is InChI=1S/C19H30FN3O2S/c1-4-21-19(22-13-14-9-10-18(25-3)17(20)11-14)23-15-7-6-8-16(12-15)26(24)5-2/h9-11,15-16H,4-8,12-13H2,1-3H3,(H2,21,22,23). The number of hydrogen-bond donors (Lipinski definition) is 2. The van der Waals surface area contributed by atoms with Crippen molar-refractivity contribution in [3.63, 3.8) is 0 Å². The fourth-order valence-electron chi connectivity index (χ4n) is 3.24. The van der Waals surface area contributed by atoms with Crippen LogP contribution in [0, 0.1) is 5.82 Å². The lowest BCUT2D eigenvalue weighted by molar-refractivity contribution is 0.386. The molecule has 0 spiro atoms. The molecule has 146 valence electrons. The molecule has 1 aromatic carbocycles. The van der Waals surface area contributed by atoms with Gasteiger partial charge in [-0.3, -0.25) is 4.21 Å². The molecule has 2 rings (SSSR count). The number of hydrogen-bond acceptors (Lipinski definition) is 3. The third kappa shape index (κ3) is 5.97. The molecular formula is C19H30FN3O2S. The monoisotopic (exact) mass is 383 g/mol. The molecule has 1 aromatic rings. The van der Waals surface area contributed by atoms with E-state index in [2.05, 4.69) is 15.6 Å². The van der Waals surface area contributed by atoms with Crippen molar-refractivity contribution >= 4 is 16.8 Å². The lowest BCUT2D eigenvalue weighted by Gasteiger charge is -2.30. The number of guanidine groups is 1. The minimum absolute atomic E-state index is 0.236. The van der Waals surface area contributed by atoms with Gasteiger partial charge in [0.1, 0.15) is 0 Å². The van der Waals surface area contributed by atoms with Crippen molar-refractivity contribution in [3.05, 3.63) is 29.6 Å². The number of halogens is 1. The van der Waals surface area contributed by atoms with Gasteiger partial charge in [0.05, 0.1) is 13.7 Å². The van der Waals surface area contributed by atoms with Crippen LogP contribution in [0.15, 0.2) is 23.2 Å². The van der Waals surface area contributed by atoms with Crippen molar-refractivity contribution in [2.24, 2.45) is 4.99 Å². The molecule has 0 saturated heterocycles. The van der Waals surface area contributed by atoms with Crippen LogP contribution in [0.5, 0.6) is 5.75 Å². The van der Waals surface area contributed by atoms with Crippen LogP contribution in [0.2, 0.25) is 0 Å². The first-order valence-corrected chi connectivity index (χ1v) is 10.7. The van der Waals surface area contributed by atoms with Gasteiger partial charge in [-0.15, -0.1) is 0 Å². The second-order valence-electron chi connectivity index (χ2n) is 6.46. The van der Waals surface area contributed by atoms with Crippen LogP contribution in [-0.4, -0.2) is 40.9 Å². The molecule has 0 radical (unpaired) electrons. The van der Waals surface area contributed by atoms with Crippen LogP contribution in [0.4, 0.5) is 4.39 Å². The summed E-state index contributed by atoms with van der Waals surface area (Å²) in [6.07, 6.45) is 4.08. The topological polar surface area (TPSA) is 62.7 Å². The van der Waals surface area contributed by atoms with E-state index in [1.165, 1.54) is 13.2 Å². The molecule has 1 aliphatic carbocycles. The molecule has 1 fully saturated rings. The summed E-state index contributed by atoms with van der Waals surface area (Å²) in [5.41, 5.74) is 0.786. The first-order valence-electron chi connectivity index (χ1n) is 9.31. The summed E-state index contributed by atoms with van der Waals surface area (Å²) in [7, 11) is 0.705. The fourth-order valence-corrected chi connectivity index (χ4v) is 4.59. The van der Waals surface area contributed by atoms with Crippen LogP contribution >= 0.6 is 0 Å². The number of aliphatic imine (C=N–C) groups is 1. The summed E-state index contributed by atoms with van der Waals surface area (Å²) in [5, 5.41) is 6.97. The highest BCUT2D eigenvalue weighted by Gasteiger charge is 2.26. The summed E-state index contributed by atoms with van der Waals surface area (Å²) in [6, 6.07) is 5.16. The number of benzene rings is 1. The van der Waals surface area contributed by atoms with Crippen molar-refractivity contribution in [1.29, 1.82) is 0 Å². The highest BCUT2D eigenvalue weighted by Crippen LogP contribution is 2.23. The summed E-state index contributed by atoms with van der Waals surface area (Å²) in [4.78, 5) is 4.58. The maximum Gasteiger partial charge on any atom is 0.191 e. The van der Waals surface area contributed by atoms with E-state index in [-0.39, 0.29) is 22.9 Å². The van der Waals surface area contributed by atoms with E-state index in [9.17, 15) is 8.60 Å². The number of nitrogens with one attached hydrogen (secondary N) is 2. The van der Waals surface area contributed by atoms with Crippen molar-refractivity contribution in [1.82, 2.24) is 10.6 Å². The van der Waals surface area contributed by atoms with Gasteiger partial charge in [0.15, 0.2) is 17.5 Å². The lowest BCUT2D eigenvalue weighted by Crippen LogP contribution is -2.46. The van der Waals surface area contributed by atoms with Gasteiger partial charge in [0.25, 0.3) is 0 Å². The average Bonchev–Trinajstić information content (AvgIpc) is 2.66. The molecule has 0 bridgehead atoms. The lowest BCUT2D eigenvalue weighted by atomic mass is 9.95. The SMILES string of the molecule is CCNC(=NCc1ccc(OC)c(F)c1)NC1CCCC(S(=O)CC)C1. The summed E-state index contributed by atoms with van der Waals surface area (Å²) in [6.45, 7) is 5.12. The van der Waals surface area contributed by atoms with E-state index < -0.39 is 10.8 Å². The molecule has 3 unspecified atom stereocenters. The zero-order chi connectivity index (χ0) is 18.9. The Morgan fingerprint density at radius 1 is 1.38 bits per heavy atom. The minimum Gasteiger partial charge on any atom is -0.494 e. The van der Waals surface area contributed by atoms with Crippen LogP contribution in [0.3, 0.4) is 0 Å². The molecule has 26 heavy (non-hydrogen) atoms. The summed E-state index contributed by atoms with van der Waals surface area (Å²) < 4.78 is 30.9. The van der Waals surface area contributed by atoms with Crippen molar-refractivity contribution in [3.8, 4) is 5.75 Å². The molecule has 0 aromatic heterocycles. The largest absolute Gasteiger partial charge is 0.494 e. The highest BCUT2D eigenvalue weighted by molar-refractivity contribution is 7.85. The number of ether oxygens (including phenoxy) is 1. The molecule has 0 amide bonds. The Bertz CT molecular complexity index is 639. The predicted octanol–water partition coefficient (Wildman–Crippen LogP) is 2.97. The van der Waals surface area contributed by atoms with Gasteiger partial charge in [-0.25, -0.2) is 9.38 Å². The Morgan fingerprint density at radius 2 is 2.19 bits per heavy atom. The molecule has 7 heteroatoms. The maximum absolute atomic E-state index is 13.8. The second kappa shape index (κ2) is 10.5. The molecule has 2 N–H and O–H groups in total. The van der Waals surface area contributed by atoms with Gasteiger partial charge in [-0.2, -0.15) is 0 Å². The van der Waals surface area contributed by atoms with Crippen molar-refractivity contribution < 1.29 is 13.3 Å². The van der Waals surface area contributed by atoms with Crippen molar-refractivity contribution in [2.45, 2.75) is 57.4 Å². The van der Waals surface area contributed by atoms with Gasteiger partial charge in [-0.05, 0) is 43.9 Å². The first kappa shape index (κ1) is 20.7. The third-order valence-electron chi connectivity index (χ3n) is 4.60. The smallest absolute Gasteiger partial charge is 0.191 e. The number of nitrogens with zero attached hydrogens (tertiary/aromatic N) is 1. The third-order valence-corrected chi connectivity index (χ3v) is 6.34. The van der Waals surface area contributed by atoms with Crippen LogP contribution in [0.1, 0.15) is 45.1 Å². The van der Waals surface area contributed by atoms with Gasteiger partial charge in [-0.1, -0.05) is 19.4 Å². The Balaban J connectivity index is 2.00. The van der Waals surface area contributed by atoms with Gasteiger partial charge in [0, 0.05) is 34.4 Å². The molecule has 5 nitrogen and oxygen atoms in total. The molecule has 0 heterocycles. The van der Waals surface area contributed by atoms with Crippen molar-refractivity contribution in [2.75, 3.05) is 19.4 Å². The van der Waals surface area contributed by atoms with Crippen LogP contribution in [-0.2, 0) is 17.3 Å². The van der Waals surface area contributed by atoms with Crippen LogP contribution in [0.25, 0.3) is 0 Å². The fraction of sp³-hybridized carbons (Fsp3) is 0.632. The highest BCUT2D eigenvalue weighted by atomic mass is 32.2. The van der Waals surface area contributed by atoms with E-state index in [4.69, 9.17) is 4.74 Å². The molecule has 3 atom stereocenters. The Morgan fingerprint density at radius 3 is 2.85 bits per heavy atom. The molecule has 1 saturated carbocycles. The molecule has 0 aliphatic heterocycles. The minimum atomic E-state index is -0.746. The average molecular weight is 384 g/mol. The normalized spacial score (nSPS) is 21.9. The molecule has 1 aliphatic rings. The summed E-state index contributed by atoms with van der Waals surface area (Å²) in [5.74, 6) is 1.29. The number of rotatable bonds is 7. The predicted molar refractivity (Wildman–Crippen MR) is 106 cm³/mol. The van der Waals surface area contributed by atoms with E-state index in [1.54, 1.807) is 6.07 Å². The Hall–Kier alpha value is -1.63. The van der Waals surface area contributed by atoms with E-state index in [0.29, 0.717) is 12.3 Å². The Kier molecular flexibility index (Phi) is 8.35. The first-order chi connectivity index (χ1) is 12.6. The van der Waals surface area contributed by atoms with E-state index in [1.807, 2.05) is 19.9 Å². The summed E-state index contributed by atoms with van der Waals surface area (Å²) >= 11 is 0. The zero-order valence-corrected chi connectivity index (χ0v) is 16.7. The van der Waals surface area contributed by atoms with E-state index >= 15 is 0 Å².